The Labute approximate surface area is 479 Å². The van der Waals surface area contributed by atoms with Gasteiger partial charge in [-0.3, -0.25) is 0 Å². The molecule has 6 heterocycles. The quantitative estimate of drug-likeness (QED) is 0.142. The van der Waals surface area contributed by atoms with Gasteiger partial charge in [0.15, 0.2) is 0 Å². The molecule has 0 spiro atoms. The van der Waals surface area contributed by atoms with Gasteiger partial charge in [-0.1, -0.05) is 175 Å². The lowest BCUT2D eigenvalue weighted by Gasteiger charge is -1.89. The standard InChI is InChI=1S/2C8H5BrS.2C8H5ClS.2C8H5FS.6C2H6/c9-7-2-1-6-3-4-10-8(6)5-7;9-7-2-1-3-8-6(7)4-5-10-8;9-7-2-1-6-3-4-10-8(6)5-7;9-7-2-1-3-8-6(7)4-5-10-8;9-7-2-1-6-3-4-10-8(6)5-7;9-7-2-1-3-8-6(7)4-5-10-8;6*1-2/h6*1-5H;6*1-2H3. The topological polar surface area (TPSA) is 0 Å². The summed E-state index contributed by atoms with van der Waals surface area (Å²) in [7, 11) is 0. The number of halogens is 6. The van der Waals surface area contributed by atoms with Crippen molar-refractivity contribution in [1.29, 1.82) is 0 Å². The van der Waals surface area contributed by atoms with E-state index in [1.54, 1.807) is 92.3 Å². The molecule has 6 aromatic heterocycles. The van der Waals surface area contributed by atoms with Crippen molar-refractivity contribution >= 4 is 184 Å². The molecule has 12 rings (SSSR count). The highest BCUT2D eigenvalue weighted by Crippen LogP contribution is 2.29. The molecule has 12 aromatic rings. The fourth-order valence-electron chi connectivity index (χ4n) is 5.66. The second-order valence-corrected chi connectivity index (χ2v) is 20.8. The first-order chi connectivity index (χ1) is 35.2. The first kappa shape index (κ1) is 66.5. The first-order valence-electron chi connectivity index (χ1n) is 24.0. The lowest BCUT2D eigenvalue weighted by molar-refractivity contribution is 0.630. The van der Waals surface area contributed by atoms with Crippen molar-refractivity contribution in [2.45, 2.75) is 83.1 Å². The molecule has 0 unspecified atom stereocenters. The van der Waals surface area contributed by atoms with Crippen LogP contribution < -0.4 is 0 Å². The highest BCUT2D eigenvalue weighted by molar-refractivity contribution is 9.11. The molecule has 0 aliphatic rings. The van der Waals surface area contributed by atoms with Crippen LogP contribution in [0.25, 0.3) is 60.5 Å². The van der Waals surface area contributed by atoms with Gasteiger partial charge >= 0.3 is 0 Å². The zero-order valence-corrected chi connectivity index (χ0v) is 52.6. The van der Waals surface area contributed by atoms with Crippen LogP contribution in [0.1, 0.15) is 83.1 Å². The minimum atomic E-state index is -0.157. The Kier molecular flexibility index (Phi) is 36.8. The third-order valence-electron chi connectivity index (χ3n) is 8.58. The summed E-state index contributed by atoms with van der Waals surface area (Å²) >= 11 is 28.7. The normalized spacial score (nSPS) is 9.25. The molecule has 0 amide bonds. The van der Waals surface area contributed by atoms with Gasteiger partial charge in [0, 0.05) is 63.3 Å². The summed E-state index contributed by atoms with van der Waals surface area (Å²) < 4.78 is 34.9. The smallest absolute Gasteiger partial charge is 0.131 e. The average molecular weight is 1250 g/mol. The summed E-state index contributed by atoms with van der Waals surface area (Å²) in [4.78, 5) is 0. The van der Waals surface area contributed by atoms with Crippen molar-refractivity contribution in [3.8, 4) is 0 Å². The number of hydrogen-bond acceptors (Lipinski definition) is 6. The molecule has 0 radical (unpaired) electrons. The SMILES string of the molecule is Brc1ccc2ccsc2c1.Brc1cccc2sccc12.CC.CC.CC.CC.CC.CC.Clc1ccc2ccsc2c1.Clc1cccc2sccc12.Fc1ccc2ccsc2c1.Fc1cccc2sccc12. The number of benzene rings is 6. The van der Waals surface area contributed by atoms with Crippen LogP contribution in [0.5, 0.6) is 0 Å². The van der Waals surface area contributed by atoms with E-state index < -0.39 is 0 Å². The summed E-state index contributed by atoms with van der Waals surface area (Å²) in [6.45, 7) is 24.0. The number of hydrogen-bond donors (Lipinski definition) is 0. The molecule has 0 saturated carbocycles. The Morgan fingerprint density at radius 2 is 0.736 bits per heavy atom. The maximum Gasteiger partial charge on any atom is 0.131 e. The molecule has 0 bridgehead atoms. The molecule has 0 aliphatic heterocycles. The maximum absolute atomic E-state index is 12.8. The lowest BCUT2D eigenvalue weighted by atomic mass is 10.2. The van der Waals surface area contributed by atoms with Crippen LogP contribution in [0.3, 0.4) is 0 Å². The molecule has 0 aliphatic carbocycles. The van der Waals surface area contributed by atoms with Crippen LogP contribution in [0, 0.1) is 11.6 Å². The van der Waals surface area contributed by atoms with Gasteiger partial charge in [-0.2, -0.15) is 0 Å². The molecule has 12 heteroatoms. The van der Waals surface area contributed by atoms with Crippen LogP contribution >= 0.6 is 123 Å². The molecule has 0 nitrogen and oxygen atoms in total. The van der Waals surface area contributed by atoms with Gasteiger partial charge < -0.3 is 0 Å². The van der Waals surface area contributed by atoms with E-state index in [-0.39, 0.29) is 11.6 Å². The second-order valence-electron chi connectivity index (χ2n) is 12.5. The summed E-state index contributed by atoms with van der Waals surface area (Å²) in [6.07, 6.45) is 0. The Morgan fingerprint density at radius 1 is 0.347 bits per heavy atom. The molecule has 0 fully saturated rings. The van der Waals surface area contributed by atoms with Gasteiger partial charge in [-0.25, -0.2) is 8.78 Å². The van der Waals surface area contributed by atoms with E-state index in [1.165, 1.54) is 51.6 Å². The van der Waals surface area contributed by atoms with Crippen LogP contribution in [0.4, 0.5) is 8.78 Å². The van der Waals surface area contributed by atoms with Crippen molar-refractivity contribution in [2.24, 2.45) is 0 Å². The van der Waals surface area contributed by atoms with Gasteiger partial charge in [0.25, 0.3) is 0 Å². The van der Waals surface area contributed by atoms with Crippen molar-refractivity contribution in [1.82, 2.24) is 0 Å². The van der Waals surface area contributed by atoms with Crippen LogP contribution in [-0.2, 0) is 0 Å². The molecule has 0 N–H and O–H groups in total. The average Bonchev–Trinajstić information content (AvgIpc) is 4.30. The highest BCUT2D eigenvalue weighted by Gasteiger charge is 2.00. The highest BCUT2D eigenvalue weighted by atomic mass is 79.9. The van der Waals surface area contributed by atoms with E-state index in [9.17, 15) is 8.78 Å². The summed E-state index contributed by atoms with van der Waals surface area (Å²) in [5.74, 6) is -0.284. The van der Waals surface area contributed by atoms with Gasteiger partial charge in [0.1, 0.15) is 11.6 Å². The number of fused-ring (bicyclic) bond motifs is 6. The van der Waals surface area contributed by atoms with Crippen LogP contribution in [0.2, 0.25) is 10.0 Å². The molecule has 72 heavy (non-hydrogen) atoms. The van der Waals surface area contributed by atoms with E-state index in [2.05, 4.69) is 114 Å². The van der Waals surface area contributed by atoms with E-state index in [0.717, 1.165) is 40.1 Å². The van der Waals surface area contributed by atoms with Crippen molar-refractivity contribution in [2.75, 3.05) is 0 Å². The van der Waals surface area contributed by atoms with Crippen LogP contribution in [-0.4, -0.2) is 0 Å². The number of rotatable bonds is 0. The molecule has 6 aromatic carbocycles. The third kappa shape index (κ3) is 22.1. The van der Waals surface area contributed by atoms with Gasteiger partial charge in [-0.15, -0.1) is 68.0 Å². The van der Waals surface area contributed by atoms with Crippen molar-refractivity contribution < 1.29 is 8.78 Å². The Bertz CT molecular complexity index is 2890. The van der Waals surface area contributed by atoms with Gasteiger partial charge in [0.2, 0.25) is 0 Å². The third-order valence-corrected chi connectivity index (χ3v) is 15.6. The molecule has 384 valence electrons. The predicted molar refractivity (Wildman–Crippen MR) is 344 cm³/mol. The van der Waals surface area contributed by atoms with Crippen molar-refractivity contribution in [3.05, 3.63) is 208 Å². The lowest BCUT2D eigenvalue weighted by Crippen LogP contribution is -1.70. The fraction of sp³-hybridized carbons (Fsp3) is 0.200. The maximum atomic E-state index is 12.8. The first-order valence-corrected chi connectivity index (χ1v) is 31.6. The fourth-order valence-corrected chi connectivity index (χ4v) is 12.2. The summed E-state index contributed by atoms with van der Waals surface area (Å²) in [6, 6.07) is 46.6. The Hall–Kier alpha value is -3.52. The molecule has 0 atom stereocenters. The Balaban J connectivity index is 0.000000414. The molecular formula is C60H66Br2Cl2F2S6. The minimum absolute atomic E-state index is 0.126. The van der Waals surface area contributed by atoms with E-state index in [0.29, 0.717) is 0 Å². The zero-order chi connectivity index (χ0) is 53.8. The van der Waals surface area contributed by atoms with Crippen LogP contribution in [0.15, 0.2) is 187 Å². The summed E-state index contributed by atoms with van der Waals surface area (Å²) in [5, 5.41) is 20.8. The van der Waals surface area contributed by atoms with E-state index in [4.69, 9.17) is 23.2 Å². The van der Waals surface area contributed by atoms with Crippen molar-refractivity contribution in [3.63, 3.8) is 0 Å². The minimum Gasteiger partial charge on any atom is -0.207 e. The second kappa shape index (κ2) is 39.9. The monoisotopic (exact) mass is 1240 g/mol. The predicted octanol–water partition coefficient (Wildman–Crippen LogP) is 26.7. The molecule has 0 saturated heterocycles. The Morgan fingerprint density at radius 3 is 1.25 bits per heavy atom. The zero-order valence-electron chi connectivity index (χ0n) is 43.0. The van der Waals surface area contributed by atoms with E-state index >= 15 is 0 Å². The molecular weight excluding hydrogens is 1180 g/mol. The number of thiophene rings is 6. The van der Waals surface area contributed by atoms with Gasteiger partial charge in [0.05, 0.1) is 0 Å². The summed E-state index contributed by atoms with van der Waals surface area (Å²) in [5.41, 5.74) is 0. The largest absolute Gasteiger partial charge is 0.207 e. The van der Waals surface area contributed by atoms with Gasteiger partial charge in [-0.05, 0) is 158 Å². The van der Waals surface area contributed by atoms with E-state index in [1.807, 2.05) is 142 Å².